The van der Waals surface area contributed by atoms with Crippen molar-refractivity contribution in [3.8, 4) is 0 Å². The van der Waals surface area contributed by atoms with Crippen LogP contribution in [0.1, 0.15) is 24.0 Å². The fourth-order valence-corrected chi connectivity index (χ4v) is 3.69. The van der Waals surface area contributed by atoms with E-state index in [1.54, 1.807) is 24.3 Å². The smallest absolute Gasteiger partial charge is 0.269 e. The van der Waals surface area contributed by atoms with Crippen LogP contribution >= 0.6 is 0 Å². The molecule has 2 aromatic rings. The van der Waals surface area contributed by atoms with E-state index in [4.69, 9.17) is 0 Å². The molecule has 0 aliphatic carbocycles. The van der Waals surface area contributed by atoms with Crippen LogP contribution in [-0.2, 0) is 10.2 Å². The lowest BCUT2D eigenvalue weighted by molar-refractivity contribution is -0.385. The summed E-state index contributed by atoms with van der Waals surface area (Å²) in [6.45, 7) is 0.686. The topological polar surface area (TPSA) is 115 Å². The predicted molar refractivity (Wildman–Crippen MR) is 94.1 cm³/mol. The van der Waals surface area contributed by atoms with Gasteiger partial charge in [0, 0.05) is 29.7 Å². The Labute approximate surface area is 149 Å². The fraction of sp³-hybridized carbons (Fsp3) is 0.278. The summed E-state index contributed by atoms with van der Waals surface area (Å²) < 4.78 is 0. The quantitative estimate of drug-likeness (QED) is 0.501. The monoisotopic (exact) mass is 355 g/mol. The molecule has 1 N–H and O–H groups in total. The Bertz CT molecular complexity index is 775. The van der Waals surface area contributed by atoms with Crippen LogP contribution < -0.4 is 5.32 Å². The summed E-state index contributed by atoms with van der Waals surface area (Å²) >= 11 is 0. The van der Waals surface area contributed by atoms with Crippen molar-refractivity contribution in [1.82, 2.24) is 5.32 Å². The van der Waals surface area contributed by atoms with Crippen LogP contribution in [0.5, 0.6) is 0 Å². The van der Waals surface area contributed by atoms with E-state index < -0.39 is 21.3 Å². The molecule has 26 heavy (non-hydrogen) atoms. The molecule has 1 aliphatic heterocycles. The van der Waals surface area contributed by atoms with Gasteiger partial charge in [0.15, 0.2) is 0 Å². The number of carbonyl (C=O) groups excluding carboxylic acids is 1. The first-order chi connectivity index (χ1) is 12.5. The number of hydrogen-bond acceptors (Lipinski definition) is 6. The van der Waals surface area contributed by atoms with Crippen molar-refractivity contribution in [3.63, 3.8) is 0 Å². The molecule has 1 unspecified atom stereocenters. The highest BCUT2D eigenvalue weighted by Crippen LogP contribution is 2.42. The van der Waals surface area contributed by atoms with Crippen molar-refractivity contribution in [2.24, 2.45) is 0 Å². The maximum Gasteiger partial charge on any atom is 0.269 e. The van der Waals surface area contributed by atoms with E-state index in [1.165, 1.54) is 24.3 Å². The van der Waals surface area contributed by atoms with Crippen molar-refractivity contribution in [1.29, 1.82) is 0 Å². The highest BCUT2D eigenvalue weighted by Gasteiger charge is 2.44. The first-order valence-electron chi connectivity index (χ1n) is 8.17. The number of nitro benzene ring substituents is 2. The summed E-state index contributed by atoms with van der Waals surface area (Å²) in [5.41, 5.74) is 0.741. The minimum Gasteiger partial charge on any atom is -0.307 e. The zero-order chi connectivity index (χ0) is 18.7. The van der Waals surface area contributed by atoms with Crippen LogP contribution in [0.2, 0.25) is 0 Å². The number of benzene rings is 2. The molecule has 8 nitrogen and oxygen atoms in total. The van der Waals surface area contributed by atoms with Crippen LogP contribution in [0.4, 0.5) is 11.4 Å². The van der Waals surface area contributed by atoms with Gasteiger partial charge in [-0.05, 0) is 30.5 Å². The SMILES string of the molecule is O=CC1NCCCC1(c1ccc([N+](=O)[O-])cc1)c1ccc([N+](=O)[O-])cc1. The maximum absolute atomic E-state index is 11.8. The number of carbonyl (C=O) groups is 1. The van der Waals surface area contributed by atoms with Gasteiger partial charge in [-0.3, -0.25) is 20.2 Å². The van der Waals surface area contributed by atoms with Gasteiger partial charge >= 0.3 is 0 Å². The van der Waals surface area contributed by atoms with E-state index in [-0.39, 0.29) is 11.4 Å². The number of nitrogens with one attached hydrogen (secondary N) is 1. The number of aldehydes is 1. The second-order valence-electron chi connectivity index (χ2n) is 6.25. The number of piperidine rings is 1. The zero-order valence-electron chi connectivity index (χ0n) is 13.8. The van der Waals surface area contributed by atoms with Gasteiger partial charge in [-0.1, -0.05) is 24.3 Å². The van der Waals surface area contributed by atoms with Gasteiger partial charge < -0.3 is 10.1 Å². The Kier molecular flexibility index (Phi) is 4.77. The molecule has 0 aromatic heterocycles. The lowest BCUT2D eigenvalue weighted by Crippen LogP contribution is -2.54. The first kappa shape index (κ1) is 17.7. The molecule has 0 radical (unpaired) electrons. The van der Waals surface area contributed by atoms with Gasteiger partial charge in [0.1, 0.15) is 6.29 Å². The molecule has 2 aromatic carbocycles. The molecule has 1 heterocycles. The summed E-state index contributed by atoms with van der Waals surface area (Å²) in [6, 6.07) is 11.8. The zero-order valence-corrected chi connectivity index (χ0v) is 13.8. The lowest BCUT2D eigenvalue weighted by Gasteiger charge is -2.43. The number of nitro groups is 2. The van der Waals surface area contributed by atoms with E-state index in [1.807, 2.05) is 0 Å². The molecule has 1 fully saturated rings. The van der Waals surface area contributed by atoms with Crippen molar-refractivity contribution in [2.45, 2.75) is 24.3 Å². The molecule has 0 saturated carbocycles. The number of nitrogens with zero attached hydrogens (tertiary/aromatic N) is 2. The third-order valence-corrected chi connectivity index (χ3v) is 4.97. The van der Waals surface area contributed by atoms with Gasteiger partial charge in [-0.15, -0.1) is 0 Å². The van der Waals surface area contributed by atoms with E-state index in [9.17, 15) is 25.0 Å². The van der Waals surface area contributed by atoms with E-state index in [0.29, 0.717) is 13.0 Å². The molecule has 0 bridgehead atoms. The second-order valence-corrected chi connectivity index (χ2v) is 6.25. The molecule has 8 heteroatoms. The predicted octanol–water partition coefficient (Wildman–Crippen LogP) is 2.74. The normalized spacial score (nSPS) is 18.8. The molecular weight excluding hydrogens is 338 g/mol. The van der Waals surface area contributed by atoms with Crippen molar-refractivity contribution in [3.05, 3.63) is 79.9 Å². The van der Waals surface area contributed by atoms with E-state index in [2.05, 4.69) is 5.32 Å². The van der Waals surface area contributed by atoms with Crippen molar-refractivity contribution >= 4 is 17.7 Å². The average Bonchev–Trinajstić information content (AvgIpc) is 2.68. The van der Waals surface area contributed by atoms with Crippen LogP contribution in [0.15, 0.2) is 48.5 Å². The van der Waals surface area contributed by atoms with Gasteiger partial charge in [0.2, 0.25) is 0 Å². The highest BCUT2D eigenvalue weighted by molar-refractivity contribution is 5.66. The molecule has 0 amide bonds. The third kappa shape index (κ3) is 2.95. The first-order valence-corrected chi connectivity index (χ1v) is 8.17. The molecule has 0 spiro atoms. The highest BCUT2D eigenvalue weighted by atomic mass is 16.6. The standard InChI is InChI=1S/C18H17N3O5/c22-12-17-18(10-1-11-19-17,13-2-6-15(7-3-13)20(23)24)14-4-8-16(9-5-14)21(25)26/h2-9,12,17,19H,1,10-11H2. The number of rotatable bonds is 5. The van der Waals surface area contributed by atoms with Crippen molar-refractivity contribution in [2.75, 3.05) is 6.54 Å². The second kappa shape index (κ2) is 7.01. The van der Waals surface area contributed by atoms with Gasteiger partial charge in [0.25, 0.3) is 11.4 Å². The number of non-ortho nitro benzene ring substituents is 2. The molecule has 1 aliphatic rings. The maximum atomic E-state index is 11.8. The van der Waals surface area contributed by atoms with Crippen LogP contribution in [0, 0.1) is 20.2 Å². The summed E-state index contributed by atoms with van der Waals surface area (Å²) in [5.74, 6) is 0. The summed E-state index contributed by atoms with van der Waals surface area (Å²) in [4.78, 5) is 32.7. The van der Waals surface area contributed by atoms with Gasteiger partial charge in [0.05, 0.1) is 15.9 Å². The molecule has 1 atom stereocenters. The third-order valence-electron chi connectivity index (χ3n) is 4.97. The van der Waals surface area contributed by atoms with Gasteiger partial charge in [-0.25, -0.2) is 0 Å². The minimum atomic E-state index is -0.732. The Morgan fingerprint density at radius 1 is 0.923 bits per heavy atom. The minimum absolute atomic E-state index is 0.0287. The Morgan fingerprint density at radius 3 is 1.77 bits per heavy atom. The van der Waals surface area contributed by atoms with Gasteiger partial charge in [-0.2, -0.15) is 0 Å². The lowest BCUT2D eigenvalue weighted by atomic mass is 9.65. The largest absolute Gasteiger partial charge is 0.307 e. The van der Waals surface area contributed by atoms with E-state index >= 15 is 0 Å². The average molecular weight is 355 g/mol. The Balaban J connectivity index is 2.14. The molecule has 3 rings (SSSR count). The Morgan fingerprint density at radius 2 is 1.38 bits per heavy atom. The molecular formula is C18H17N3O5. The fourth-order valence-electron chi connectivity index (χ4n) is 3.69. The number of hydrogen-bond donors (Lipinski definition) is 1. The summed E-state index contributed by atoms with van der Waals surface area (Å²) in [7, 11) is 0. The Hall–Kier alpha value is -3.13. The van der Waals surface area contributed by atoms with Crippen LogP contribution in [0.25, 0.3) is 0 Å². The van der Waals surface area contributed by atoms with Crippen LogP contribution in [0.3, 0.4) is 0 Å². The summed E-state index contributed by atoms with van der Waals surface area (Å²) in [6.07, 6.45) is 2.29. The summed E-state index contributed by atoms with van der Waals surface area (Å²) in [5, 5.41) is 25.1. The molecule has 1 saturated heterocycles. The van der Waals surface area contributed by atoms with Crippen molar-refractivity contribution < 1.29 is 14.6 Å². The molecule has 134 valence electrons. The van der Waals surface area contributed by atoms with Crippen LogP contribution in [-0.4, -0.2) is 28.7 Å². The van der Waals surface area contributed by atoms with E-state index in [0.717, 1.165) is 23.8 Å².